The molecule has 0 aliphatic heterocycles. The van der Waals surface area contributed by atoms with Crippen LogP contribution in [-0.2, 0) is 0 Å². The van der Waals surface area contributed by atoms with E-state index in [1.54, 1.807) is 7.11 Å². The van der Waals surface area contributed by atoms with Crippen LogP contribution in [0.2, 0.25) is 0 Å². The number of hydrogen-bond donors (Lipinski definition) is 0. The van der Waals surface area contributed by atoms with Crippen LogP contribution in [0.25, 0.3) is 0 Å². The summed E-state index contributed by atoms with van der Waals surface area (Å²) in [5.74, 6) is 0.808. The van der Waals surface area contributed by atoms with Crippen molar-refractivity contribution in [1.29, 1.82) is 0 Å². The van der Waals surface area contributed by atoms with Crippen LogP contribution in [-0.4, -0.2) is 7.11 Å². The van der Waals surface area contributed by atoms with Crippen molar-refractivity contribution in [2.75, 3.05) is 7.11 Å². The van der Waals surface area contributed by atoms with Gasteiger partial charge in [-0.05, 0) is 34.5 Å². The molecule has 0 saturated carbocycles. The van der Waals surface area contributed by atoms with E-state index < -0.39 is 0 Å². The predicted octanol–water partition coefficient (Wildman–Crippen LogP) is 2.64. The number of ether oxygens (including phenoxy) is 1. The molecular weight excluding hydrogens is 192 g/mol. The van der Waals surface area contributed by atoms with Crippen molar-refractivity contribution < 1.29 is 4.74 Å². The lowest BCUT2D eigenvalue weighted by Gasteiger charge is -2.04. The molecule has 0 saturated heterocycles. The van der Waals surface area contributed by atoms with Crippen molar-refractivity contribution in [2.45, 2.75) is 0 Å². The van der Waals surface area contributed by atoms with Crippen molar-refractivity contribution in [2.24, 2.45) is 0 Å². The summed E-state index contributed by atoms with van der Waals surface area (Å²) in [7, 11) is 1.63. The molecule has 1 aromatic carbocycles. The highest BCUT2D eigenvalue weighted by Gasteiger charge is 2.00. The second-order valence-corrected chi connectivity index (χ2v) is 2.79. The van der Waals surface area contributed by atoms with Gasteiger partial charge in [0.15, 0.2) is 0 Å². The summed E-state index contributed by atoms with van der Waals surface area (Å²) in [5, 5.41) is 0. The van der Waals surface area contributed by atoms with Gasteiger partial charge in [0.2, 0.25) is 0 Å². The highest BCUT2D eigenvalue weighted by atomic mass is 79.9. The molecule has 0 aromatic heterocycles. The number of hydrogen-bond acceptors (Lipinski definition) is 1. The SMILES string of the molecule is [CH2]c1cccc(Br)c1OC. The molecule has 0 atom stereocenters. The molecule has 2 heteroatoms. The normalized spacial score (nSPS) is 9.50. The maximum Gasteiger partial charge on any atom is 0.136 e. The largest absolute Gasteiger partial charge is 0.495 e. The third kappa shape index (κ3) is 1.32. The molecule has 0 spiro atoms. The van der Waals surface area contributed by atoms with Crippen LogP contribution in [0.3, 0.4) is 0 Å². The summed E-state index contributed by atoms with van der Waals surface area (Å²) >= 11 is 3.34. The van der Waals surface area contributed by atoms with Gasteiger partial charge < -0.3 is 4.74 Å². The lowest BCUT2D eigenvalue weighted by molar-refractivity contribution is 0.410. The number of methoxy groups -OCH3 is 1. The zero-order valence-electron chi connectivity index (χ0n) is 5.73. The summed E-state index contributed by atoms with van der Waals surface area (Å²) in [6.07, 6.45) is 0. The first kappa shape index (κ1) is 7.61. The van der Waals surface area contributed by atoms with Gasteiger partial charge in [0.1, 0.15) is 5.75 Å². The average molecular weight is 200 g/mol. The minimum Gasteiger partial charge on any atom is -0.495 e. The Labute approximate surface area is 69.1 Å². The molecule has 0 aliphatic carbocycles. The summed E-state index contributed by atoms with van der Waals surface area (Å²) in [6, 6.07) is 5.76. The van der Waals surface area contributed by atoms with Crippen LogP contribution in [0.4, 0.5) is 0 Å². The van der Waals surface area contributed by atoms with Gasteiger partial charge in [-0.3, -0.25) is 0 Å². The summed E-state index contributed by atoms with van der Waals surface area (Å²) in [6.45, 7) is 3.80. The zero-order chi connectivity index (χ0) is 7.56. The topological polar surface area (TPSA) is 9.23 Å². The fraction of sp³-hybridized carbons (Fsp3) is 0.125. The molecule has 1 rings (SSSR count). The maximum atomic E-state index is 5.07. The number of rotatable bonds is 1. The van der Waals surface area contributed by atoms with Crippen molar-refractivity contribution in [3.05, 3.63) is 35.2 Å². The minimum absolute atomic E-state index is 0.808. The standard InChI is InChI=1S/C8H8BrO/c1-6-4-3-5-7(9)8(6)10-2/h3-5H,1H2,2H3. The first-order valence-corrected chi connectivity index (χ1v) is 3.69. The molecule has 53 valence electrons. The Bertz CT molecular complexity index is 212. The molecule has 0 N–H and O–H groups in total. The van der Waals surface area contributed by atoms with E-state index in [1.165, 1.54) is 0 Å². The van der Waals surface area contributed by atoms with Gasteiger partial charge in [0.25, 0.3) is 0 Å². The van der Waals surface area contributed by atoms with E-state index in [0.29, 0.717) is 0 Å². The Morgan fingerprint density at radius 1 is 1.50 bits per heavy atom. The fourth-order valence-corrected chi connectivity index (χ4v) is 1.35. The van der Waals surface area contributed by atoms with Crippen molar-refractivity contribution in [3.63, 3.8) is 0 Å². The van der Waals surface area contributed by atoms with E-state index in [0.717, 1.165) is 15.8 Å². The van der Waals surface area contributed by atoms with Crippen LogP contribution in [0.1, 0.15) is 5.56 Å². The van der Waals surface area contributed by atoms with E-state index in [2.05, 4.69) is 22.9 Å². The second kappa shape index (κ2) is 3.06. The molecule has 0 unspecified atom stereocenters. The molecule has 1 nitrogen and oxygen atoms in total. The van der Waals surface area contributed by atoms with Gasteiger partial charge in [-0.2, -0.15) is 0 Å². The highest BCUT2D eigenvalue weighted by Crippen LogP contribution is 2.27. The molecule has 0 fully saturated rings. The Balaban J connectivity index is 3.17. The van der Waals surface area contributed by atoms with Gasteiger partial charge in [0.05, 0.1) is 11.6 Å². The minimum atomic E-state index is 0.808. The van der Waals surface area contributed by atoms with Crippen LogP contribution >= 0.6 is 15.9 Å². The molecule has 0 aliphatic rings. The first-order valence-electron chi connectivity index (χ1n) is 2.90. The van der Waals surface area contributed by atoms with Crippen LogP contribution < -0.4 is 4.74 Å². The zero-order valence-corrected chi connectivity index (χ0v) is 7.31. The molecule has 1 radical (unpaired) electrons. The number of para-hydroxylation sites is 1. The van der Waals surface area contributed by atoms with Crippen LogP contribution in [0.15, 0.2) is 22.7 Å². The van der Waals surface area contributed by atoms with E-state index in [4.69, 9.17) is 4.74 Å². The fourth-order valence-electron chi connectivity index (χ4n) is 0.782. The first-order chi connectivity index (χ1) is 4.75. The molecule has 0 heterocycles. The monoisotopic (exact) mass is 199 g/mol. The van der Waals surface area contributed by atoms with Crippen molar-refractivity contribution >= 4 is 15.9 Å². The van der Waals surface area contributed by atoms with Gasteiger partial charge in [-0.1, -0.05) is 12.1 Å². The third-order valence-corrected chi connectivity index (χ3v) is 1.88. The predicted molar refractivity (Wildman–Crippen MR) is 45.2 cm³/mol. The Hall–Kier alpha value is -0.500. The molecule has 0 bridgehead atoms. The summed E-state index contributed by atoms with van der Waals surface area (Å²) < 4.78 is 6.01. The van der Waals surface area contributed by atoms with Crippen molar-refractivity contribution in [3.8, 4) is 5.75 Å². The Kier molecular flexibility index (Phi) is 2.33. The van der Waals surface area contributed by atoms with E-state index in [-0.39, 0.29) is 0 Å². The summed E-state index contributed by atoms with van der Waals surface area (Å²) in [4.78, 5) is 0. The molecule has 10 heavy (non-hydrogen) atoms. The number of halogens is 1. The van der Waals surface area contributed by atoms with Gasteiger partial charge in [0, 0.05) is 0 Å². The average Bonchev–Trinajstić information content (AvgIpc) is 1.88. The van der Waals surface area contributed by atoms with Gasteiger partial charge in [-0.15, -0.1) is 0 Å². The molecule has 0 amide bonds. The highest BCUT2D eigenvalue weighted by molar-refractivity contribution is 9.10. The van der Waals surface area contributed by atoms with E-state index in [9.17, 15) is 0 Å². The van der Waals surface area contributed by atoms with Crippen LogP contribution in [0.5, 0.6) is 5.75 Å². The lowest BCUT2D eigenvalue weighted by Crippen LogP contribution is -1.86. The second-order valence-electron chi connectivity index (χ2n) is 1.93. The molecular formula is C8H8BrO. The quantitative estimate of drug-likeness (QED) is 0.677. The maximum absolute atomic E-state index is 5.07. The van der Waals surface area contributed by atoms with E-state index in [1.807, 2.05) is 18.2 Å². The summed E-state index contributed by atoms with van der Waals surface area (Å²) in [5.41, 5.74) is 0.900. The number of benzene rings is 1. The van der Waals surface area contributed by atoms with Gasteiger partial charge >= 0.3 is 0 Å². The van der Waals surface area contributed by atoms with Gasteiger partial charge in [-0.25, -0.2) is 0 Å². The van der Waals surface area contributed by atoms with Crippen molar-refractivity contribution in [1.82, 2.24) is 0 Å². The Morgan fingerprint density at radius 2 is 2.20 bits per heavy atom. The van der Waals surface area contributed by atoms with E-state index >= 15 is 0 Å². The third-order valence-electron chi connectivity index (χ3n) is 1.25. The Morgan fingerprint density at radius 3 is 2.60 bits per heavy atom. The lowest BCUT2D eigenvalue weighted by atomic mass is 10.2. The molecule has 1 aromatic rings. The smallest absolute Gasteiger partial charge is 0.136 e. The van der Waals surface area contributed by atoms with Crippen LogP contribution in [0, 0.1) is 6.92 Å².